The van der Waals surface area contributed by atoms with Gasteiger partial charge >= 0.3 is 0 Å². The highest BCUT2D eigenvalue weighted by Crippen LogP contribution is 2.13. The molecule has 0 saturated carbocycles. The molecule has 0 unspecified atom stereocenters. The van der Waals surface area contributed by atoms with Crippen LogP contribution in [-0.4, -0.2) is 4.92 Å². The van der Waals surface area contributed by atoms with Gasteiger partial charge in [-0.25, -0.2) is 0 Å². The zero-order valence-corrected chi connectivity index (χ0v) is 12.0. The molecule has 2 aromatic carbocycles. The van der Waals surface area contributed by atoms with Gasteiger partial charge in [0.05, 0.1) is 4.92 Å². The largest absolute Gasteiger partial charge is 0.309 e. The molecule has 0 saturated heterocycles. The van der Waals surface area contributed by atoms with Crippen molar-refractivity contribution in [2.75, 3.05) is 0 Å². The van der Waals surface area contributed by atoms with E-state index in [-0.39, 0.29) is 23.0 Å². The van der Waals surface area contributed by atoms with Crippen LogP contribution < -0.4 is 5.32 Å². The number of benzene rings is 2. The van der Waals surface area contributed by atoms with E-state index in [2.05, 4.69) is 36.5 Å². The number of nitro benzene ring substituents is 1. The molecule has 0 heterocycles. The second kappa shape index (κ2) is 7.62. The molecule has 2 rings (SSSR count). The minimum atomic E-state index is -0.372. The maximum atomic E-state index is 10.7. The Bertz CT molecular complexity index is 570. The summed E-state index contributed by atoms with van der Waals surface area (Å²) < 4.78 is 0. The second-order valence-electron chi connectivity index (χ2n) is 4.52. The second-order valence-corrected chi connectivity index (χ2v) is 4.52. The summed E-state index contributed by atoms with van der Waals surface area (Å²) in [7, 11) is 0. The Labute approximate surface area is 124 Å². The van der Waals surface area contributed by atoms with Gasteiger partial charge in [-0.1, -0.05) is 42.0 Å². The zero-order valence-electron chi connectivity index (χ0n) is 11.2. The number of non-ortho nitro benzene ring substituents is 1. The summed E-state index contributed by atoms with van der Waals surface area (Å²) in [5.74, 6) is 0. The molecule has 0 aliphatic heterocycles. The summed E-state index contributed by atoms with van der Waals surface area (Å²) in [5, 5.41) is 13.9. The first-order valence-electron chi connectivity index (χ1n) is 6.15. The van der Waals surface area contributed by atoms with Crippen LogP contribution in [0.1, 0.15) is 16.7 Å². The van der Waals surface area contributed by atoms with Gasteiger partial charge in [0, 0.05) is 25.2 Å². The van der Waals surface area contributed by atoms with Crippen LogP contribution in [0, 0.1) is 17.0 Å². The van der Waals surface area contributed by atoms with Crippen LogP contribution in [0.4, 0.5) is 5.69 Å². The van der Waals surface area contributed by atoms with Crippen LogP contribution >= 0.6 is 12.4 Å². The highest BCUT2D eigenvalue weighted by molar-refractivity contribution is 5.85. The minimum absolute atomic E-state index is 0. The summed E-state index contributed by atoms with van der Waals surface area (Å²) in [6.07, 6.45) is 0. The molecule has 0 atom stereocenters. The smallest absolute Gasteiger partial charge is 0.269 e. The molecule has 0 radical (unpaired) electrons. The number of nitrogens with zero attached hydrogens (tertiary/aromatic N) is 1. The lowest BCUT2D eigenvalue weighted by Crippen LogP contribution is -2.12. The average molecular weight is 293 g/mol. The van der Waals surface area contributed by atoms with Crippen LogP contribution in [0.15, 0.2) is 48.5 Å². The van der Waals surface area contributed by atoms with Gasteiger partial charge < -0.3 is 5.32 Å². The molecule has 0 aromatic heterocycles. The van der Waals surface area contributed by atoms with Crippen molar-refractivity contribution >= 4 is 18.1 Å². The van der Waals surface area contributed by atoms with E-state index in [1.54, 1.807) is 12.1 Å². The Kier molecular flexibility index (Phi) is 6.15. The van der Waals surface area contributed by atoms with E-state index < -0.39 is 0 Å². The SMILES string of the molecule is Cc1ccc(CNCc2cccc([N+](=O)[O-])c2)cc1.Cl. The third-order valence-corrected chi connectivity index (χ3v) is 2.90. The average Bonchev–Trinajstić information content (AvgIpc) is 2.41. The van der Waals surface area contributed by atoms with Crippen LogP contribution in [0.2, 0.25) is 0 Å². The van der Waals surface area contributed by atoms with Crippen molar-refractivity contribution in [3.8, 4) is 0 Å². The van der Waals surface area contributed by atoms with Crippen LogP contribution in [0.3, 0.4) is 0 Å². The summed E-state index contributed by atoms with van der Waals surface area (Å²) in [6, 6.07) is 15.0. The van der Waals surface area contributed by atoms with Gasteiger partial charge in [-0.3, -0.25) is 10.1 Å². The highest BCUT2D eigenvalue weighted by atomic mass is 35.5. The third-order valence-electron chi connectivity index (χ3n) is 2.90. The molecular weight excluding hydrogens is 276 g/mol. The lowest BCUT2D eigenvalue weighted by atomic mass is 10.1. The van der Waals surface area contributed by atoms with E-state index in [0.717, 1.165) is 12.1 Å². The molecule has 0 aliphatic rings. The number of aryl methyl sites for hydroxylation is 1. The summed E-state index contributed by atoms with van der Waals surface area (Å²) >= 11 is 0. The van der Waals surface area contributed by atoms with Gasteiger partial charge in [0.15, 0.2) is 0 Å². The predicted octanol–water partition coefficient (Wildman–Crippen LogP) is 3.61. The Hall–Kier alpha value is -1.91. The first kappa shape index (κ1) is 16.1. The third kappa shape index (κ3) is 4.64. The van der Waals surface area contributed by atoms with Crippen molar-refractivity contribution in [1.82, 2.24) is 5.32 Å². The van der Waals surface area contributed by atoms with E-state index in [4.69, 9.17) is 0 Å². The molecule has 20 heavy (non-hydrogen) atoms. The zero-order chi connectivity index (χ0) is 13.7. The number of hydrogen-bond donors (Lipinski definition) is 1. The molecular formula is C15H17ClN2O2. The summed E-state index contributed by atoms with van der Waals surface area (Å²) in [6.45, 7) is 3.43. The number of nitro groups is 1. The Morgan fingerprint density at radius 1 is 1.05 bits per heavy atom. The van der Waals surface area contributed by atoms with E-state index in [0.29, 0.717) is 6.54 Å². The first-order valence-corrected chi connectivity index (χ1v) is 6.15. The summed E-state index contributed by atoms with van der Waals surface area (Å²) in [5.41, 5.74) is 3.49. The highest BCUT2D eigenvalue weighted by Gasteiger charge is 2.04. The molecule has 0 fully saturated rings. The van der Waals surface area contributed by atoms with Gasteiger partial charge in [0.2, 0.25) is 0 Å². The van der Waals surface area contributed by atoms with Gasteiger partial charge in [0.1, 0.15) is 0 Å². The number of rotatable bonds is 5. The van der Waals surface area contributed by atoms with E-state index in [9.17, 15) is 10.1 Å². The monoisotopic (exact) mass is 292 g/mol. The van der Waals surface area contributed by atoms with Gasteiger partial charge in [0.25, 0.3) is 5.69 Å². The van der Waals surface area contributed by atoms with Crippen molar-refractivity contribution in [3.63, 3.8) is 0 Å². The fourth-order valence-electron chi connectivity index (χ4n) is 1.84. The molecule has 0 amide bonds. The molecule has 0 aliphatic carbocycles. The molecule has 2 aromatic rings. The maximum absolute atomic E-state index is 10.7. The van der Waals surface area contributed by atoms with Crippen LogP contribution in [0.5, 0.6) is 0 Å². The molecule has 106 valence electrons. The maximum Gasteiger partial charge on any atom is 0.269 e. The fraction of sp³-hybridized carbons (Fsp3) is 0.200. The van der Waals surface area contributed by atoms with E-state index >= 15 is 0 Å². The number of nitrogens with one attached hydrogen (secondary N) is 1. The lowest BCUT2D eigenvalue weighted by molar-refractivity contribution is -0.384. The first-order chi connectivity index (χ1) is 9.15. The normalized spacial score (nSPS) is 9.85. The molecule has 5 heteroatoms. The lowest BCUT2D eigenvalue weighted by Gasteiger charge is -2.05. The van der Waals surface area contributed by atoms with Crippen molar-refractivity contribution in [2.45, 2.75) is 20.0 Å². The van der Waals surface area contributed by atoms with E-state index in [1.165, 1.54) is 17.2 Å². The Morgan fingerprint density at radius 2 is 1.70 bits per heavy atom. The fourth-order valence-corrected chi connectivity index (χ4v) is 1.84. The van der Waals surface area contributed by atoms with Gasteiger partial charge in [-0.05, 0) is 18.1 Å². The quantitative estimate of drug-likeness (QED) is 0.676. The predicted molar refractivity (Wildman–Crippen MR) is 82.1 cm³/mol. The van der Waals surface area contributed by atoms with Gasteiger partial charge in [-0.15, -0.1) is 12.4 Å². The topological polar surface area (TPSA) is 55.2 Å². The van der Waals surface area contributed by atoms with Crippen molar-refractivity contribution in [3.05, 3.63) is 75.3 Å². The standard InChI is InChI=1S/C15H16N2O2.ClH/c1-12-5-7-13(8-6-12)10-16-11-14-3-2-4-15(9-14)17(18)19;/h2-9,16H,10-11H2,1H3;1H. The molecule has 0 spiro atoms. The van der Waals surface area contributed by atoms with E-state index in [1.807, 2.05) is 6.07 Å². The Balaban J connectivity index is 0.00000200. The van der Waals surface area contributed by atoms with Crippen molar-refractivity contribution in [2.24, 2.45) is 0 Å². The molecule has 0 bridgehead atoms. The van der Waals surface area contributed by atoms with Crippen LogP contribution in [-0.2, 0) is 13.1 Å². The Morgan fingerprint density at radius 3 is 2.35 bits per heavy atom. The molecule has 1 N–H and O–H groups in total. The van der Waals surface area contributed by atoms with Crippen molar-refractivity contribution in [1.29, 1.82) is 0 Å². The van der Waals surface area contributed by atoms with Gasteiger partial charge in [-0.2, -0.15) is 0 Å². The summed E-state index contributed by atoms with van der Waals surface area (Å²) in [4.78, 5) is 10.3. The molecule has 4 nitrogen and oxygen atoms in total. The number of hydrogen-bond acceptors (Lipinski definition) is 3. The number of halogens is 1. The van der Waals surface area contributed by atoms with Crippen LogP contribution in [0.25, 0.3) is 0 Å². The van der Waals surface area contributed by atoms with Crippen molar-refractivity contribution < 1.29 is 4.92 Å². The minimum Gasteiger partial charge on any atom is -0.309 e.